The number of hydrogen-bond acceptors (Lipinski definition) is 5. The summed E-state index contributed by atoms with van der Waals surface area (Å²) in [7, 11) is 1.71. The quantitative estimate of drug-likeness (QED) is 0.748. The largest absolute Gasteiger partial charge is 0.380 e. The Morgan fingerprint density at radius 2 is 1.86 bits per heavy atom. The Morgan fingerprint density at radius 3 is 2.68 bits per heavy atom. The maximum atomic E-state index is 5.16. The van der Waals surface area contributed by atoms with Crippen LogP contribution >= 0.6 is 11.5 Å². The van der Waals surface area contributed by atoms with Gasteiger partial charge in [0, 0.05) is 30.8 Å². The van der Waals surface area contributed by atoms with Crippen molar-refractivity contribution < 1.29 is 4.74 Å². The molecule has 1 heterocycles. The highest BCUT2D eigenvalue weighted by molar-refractivity contribution is 7.09. The molecule has 112 valence electrons. The lowest BCUT2D eigenvalue weighted by atomic mass is 10.1. The van der Waals surface area contributed by atoms with Crippen molar-refractivity contribution in [2.24, 2.45) is 0 Å². The van der Waals surface area contributed by atoms with Crippen molar-refractivity contribution >= 4 is 16.7 Å². The summed E-state index contributed by atoms with van der Waals surface area (Å²) in [5.74, 6) is 0.765. The Kier molecular flexibility index (Phi) is 4.78. The van der Waals surface area contributed by atoms with Crippen molar-refractivity contribution in [2.75, 3.05) is 12.4 Å². The number of rotatable bonds is 6. The summed E-state index contributed by atoms with van der Waals surface area (Å²) in [6.45, 7) is 1.35. The molecule has 0 saturated carbocycles. The topological polar surface area (TPSA) is 47.0 Å². The van der Waals surface area contributed by atoms with Crippen molar-refractivity contribution in [1.82, 2.24) is 9.36 Å². The minimum Gasteiger partial charge on any atom is -0.380 e. The summed E-state index contributed by atoms with van der Waals surface area (Å²) in [5.41, 5.74) is 3.41. The molecule has 0 spiro atoms. The van der Waals surface area contributed by atoms with Gasteiger partial charge in [-0.1, -0.05) is 54.6 Å². The summed E-state index contributed by atoms with van der Waals surface area (Å²) >= 11 is 1.38. The zero-order valence-electron chi connectivity index (χ0n) is 12.3. The average Bonchev–Trinajstić information content (AvgIpc) is 3.04. The van der Waals surface area contributed by atoms with E-state index < -0.39 is 0 Å². The second kappa shape index (κ2) is 7.15. The van der Waals surface area contributed by atoms with Gasteiger partial charge in [-0.25, -0.2) is 0 Å². The number of hydrogen-bond donors (Lipinski definition) is 1. The lowest BCUT2D eigenvalue weighted by Crippen LogP contribution is -2.00. The zero-order chi connectivity index (χ0) is 15.2. The molecule has 22 heavy (non-hydrogen) atoms. The van der Waals surface area contributed by atoms with E-state index in [1.165, 1.54) is 22.7 Å². The number of methoxy groups -OCH3 is 1. The molecule has 0 radical (unpaired) electrons. The lowest BCUT2D eigenvalue weighted by molar-refractivity contribution is 0.185. The summed E-state index contributed by atoms with van der Waals surface area (Å²) < 4.78 is 9.55. The minimum atomic E-state index is 0.630. The molecule has 0 saturated heterocycles. The van der Waals surface area contributed by atoms with E-state index in [-0.39, 0.29) is 0 Å². The second-order valence-corrected chi connectivity index (χ2v) is 5.65. The van der Waals surface area contributed by atoms with Gasteiger partial charge in [0.25, 0.3) is 0 Å². The number of nitrogens with zero attached hydrogens (tertiary/aromatic N) is 2. The molecule has 0 aliphatic heterocycles. The van der Waals surface area contributed by atoms with Crippen LogP contribution in [0.2, 0.25) is 0 Å². The van der Waals surface area contributed by atoms with Crippen molar-refractivity contribution in [3.8, 4) is 11.4 Å². The summed E-state index contributed by atoms with van der Waals surface area (Å²) in [4.78, 5) is 4.53. The van der Waals surface area contributed by atoms with Crippen LogP contribution in [0.25, 0.3) is 11.4 Å². The molecular weight excluding hydrogens is 294 g/mol. The van der Waals surface area contributed by atoms with Gasteiger partial charge in [-0.05, 0) is 11.1 Å². The Bertz CT molecular complexity index is 728. The molecule has 1 aromatic heterocycles. The Hall–Kier alpha value is -2.24. The molecule has 5 heteroatoms. The van der Waals surface area contributed by atoms with E-state index in [0.717, 1.165) is 23.1 Å². The van der Waals surface area contributed by atoms with Gasteiger partial charge in [-0.15, -0.1) is 0 Å². The summed E-state index contributed by atoms with van der Waals surface area (Å²) in [6, 6.07) is 18.3. The van der Waals surface area contributed by atoms with Gasteiger partial charge in [-0.3, -0.25) is 0 Å². The fourth-order valence-electron chi connectivity index (χ4n) is 2.17. The molecule has 0 fully saturated rings. The van der Waals surface area contributed by atoms with Crippen molar-refractivity contribution in [2.45, 2.75) is 13.2 Å². The van der Waals surface area contributed by atoms with E-state index in [4.69, 9.17) is 4.74 Å². The van der Waals surface area contributed by atoms with Gasteiger partial charge in [0.1, 0.15) is 0 Å². The fourth-order valence-corrected chi connectivity index (χ4v) is 2.76. The lowest BCUT2D eigenvalue weighted by Gasteiger charge is -2.05. The molecule has 0 atom stereocenters. The van der Waals surface area contributed by atoms with Crippen LogP contribution in [0.15, 0.2) is 54.6 Å². The maximum Gasteiger partial charge on any atom is 0.203 e. The second-order valence-electron chi connectivity index (χ2n) is 4.90. The average molecular weight is 311 g/mol. The Balaban J connectivity index is 1.65. The molecular formula is C17H17N3OS. The highest BCUT2D eigenvalue weighted by Crippen LogP contribution is 2.21. The zero-order valence-corrected chi connectivity index (χ0v) is 13.1. The smallest absolute Gasteiger partial charge is 0.203 e. The van der Waals surface area contributed by atoms with Crippen molar-refractivity contribution in [1.29, 1.82) is 0 Å². The summed E-state index contributed by atoms with van der Waals surface area (Å²) in [6.07, 6.45) is 0. The first kappa shape index (κ1) is 14.7. The number of aromatic nitrogens is 2. The third-order valence-electron chi connectivity index (χ3n) is 3.20. The predicted octanol–water partition coefficient (Wildman–Crippen LogP) is 3.96. The van der Waals surface area contributed by atoms with Crippen LogP contribution in [0.1, 0.15) is 11.1 Å². The number of benzene rings is 2. The maximum absolute atomic E-state index is 5.16. The molecule has 1 N–H and O–H groups in total. The van der Waals surface area contributed by atoms with Crippen LogP contribution in [-0.2, 0) is 17.9 Å². The van der Waals surface area contributed by atoms with E-state index >= 15 is 0 Å². The van der Waals surface area contributed by atoms with Gasteiger partial charge in [0.05, 0.1) is 6.61 Å². The number of anilines is 1. The molecule has 0 amide bonds. The van der Waals surface area contributed by atoms with E-state index in [2.05, 4.69) is 32.9 Å². The normalized spacial score (nSPS) is 10.6. The molecule has 3 rings (SSSR count). The van der Waals surface area contributed by atoms with Crippen LogP contribution in [0, 0.1) is 0 Å². The highest BCUT2D eigenvalue weighted by atomic mass is 32.1. The van der Waals surface area contributed by atoms with E-state index in [1.54, 1.807) is 7.11 Å². The standard InChI is InChI=1S/C17H17N3OS/c1-21-12-14-7-5-6-13(10-14)11-18-17-19-16(20-22-17)15-8-3-2-4-9-15/h2-10H,11-12H2,1H3,(H,18,19,20). The molecule has 0 unspecified atom stereocenters. The van der Waals surface area contributed by atoms with Crippen molar-refractivity contribution in [3.63, 3.8) is 0 Å². The predicted molar refractivity (Wildman–Crippen MR) is 89.8 cm³/mol. The fraction of sp³-hybridized carbons (Fsp3) is 0.176. The number of nitrogens with one attached hydrogen (secondary N) is 1. The van der Waals surface area contributed by atoms with Gasteiger partial charge < -0.3 is 10.1 Å². The van der Waals surface area contributed by atoms with Crippen LogP contribution in [-0.4, -0.2) is 16.5 Å². The molecule has 0 aliphatic rings. The van der Waals surface area contributed by atoms with Crippen LogP contribution in [0.3, 0.4) is 0 Å². The van der Waals surface area contributed by atoms with Crippen LogP contribution in [0.4, 0.5) is 5.13 Å². The first-order chi connectivity index (χ1) is 10.8. The highest BCUT2D eigenvalue weighted by Gasteiger charge is 2.05. The van der Waals surface area contributed by atoms with E-state index in [9.17, 15) is 0 Å². The first-order valence-corrected chi connectivity index (χ1v) is 7.82. The van der Waals surface area contributed by atoms with Crippen LogP contribution in [0.5, 0.6) is 0 Å². The Labute approximate surface area is 134 Å². The molecule has 0 bridgehead atoms. The first-order valence-electron chi connectivity index (χ1n) is 7.05. The van der Waals surface area contributed by atoms with Gasteiger partial charge in [-0.2, -0.15) is 9.36 Å². The molecule has 4 nitrogen and oxygen atoms in total. The SMILES string of the molecule is COCc1cccc(CNc2nc(-c3ccccc3)ns2)c1. The summed E-state index contributed by atoms with van der Waals surface area (Å²) in [5, 5.41) is 4.15. The Morgan fingerprint density at radius 1 is 1.05 bits per heavy atom. The van der Waals surface area contributed by atoms with E-state index in [0.29, 0.717) is 6.61 Å². The third kappa shape index (κ3) is 3.69. The minimum absolute atomic E-state index is 0.630. The molecule has 0 aliphatic carbocycles. The van der Waals surface area contributed by atoms with Crippen molar-refractivity contribution in [3.05, 3.63) is 65.7 Å². The third-order valence-corrected chi connectivity index (χ3v) is 3.88. The van der Waals surface area contributed by atoms with Crippen LogP contribution < -0.4 is 5.32 Å². The van der Waals surface area contributed by atoms with E-state index in [1.807, 2.05) is 36.4 Å². The molecule has 3 aromatic rings. The monoisotopic (exact) mass is 311 g/mol. The molecule has 2 aromatic carbocycles. The van der Waals surface area contributed by atoms with Gasteiger partial charge in [0.15, 0.2) is 5.82 Å². The van der Waals surface area contributed by atoms with Gasteiger partial charge in [0.2, 0.25) is 5.13 Å². The van der Waals surface area contributed by atoms with Gasteiger partial charge >= 0.3 is 0 Å². The number of ether oxygens (including phenoxy) is 1.